The van der Waals surface area contributed by atoms with Crippen molar-refractivity contribution in [2.24, 2.45) is 7.05 Å². The van der Waals surface area contributed by atoms with Gasteiger partial charge >= 0.3 is 0 Å². The van der Waals surface area contributed by atoms with Gasteiger partial charge in [0.15, 0.2) is 6.29 Å². The fourth-order valence-electron chi connectivity index (χ4n) is 2.41. The maximum absolute atomic E-state index is 11.3. The molecule has 0 bridgehead atoms. The van der Waals surface area contributed by atoms with Crippen LogP contribution in [0.15, 0.2) is 18.2 Å². The smallest absolute Gasteiger partial charge is 0.152 e. The molecule has 0 N–H and O–H groups in total. The van der Waals surface area contributed by atoms with Gasteiger partial charge in [0, 0.05) is 29.8 Å². The Labute approximate surface area is 101 Å². The predicted molar refractivity (Wildman–Crippen MR) is 68.9 cm³/mol. The molecule has 3 nitrogen and oxygen atoms in total. The second kappa shape index (κ2) is 4.24. The Balaban J connectivity index is 2.83. The summed E-state index contributed by atoms with van der Waals surface area (Å²) in [5, 5.41) is 0.993. The number of benzene rings is 1. The molecular formula is C14H17NO2. The van der Waals surface area contributed by atoms with E-state index in [2.05, 4.69) is 18.4 Å². The van der Waals surface area contributed by atoms with Crippen molar-refractivity contribution < 1.29 is 9.53 Å². The Morgan fingerprint density at radius 2 is 2.06 bits per heavy atom. The van der Waals surface area contributed by atoms with Gasteiger partial charge < -0.3 is 9.30 Å². The molecule has 2 aromatic rings. The topological polar surface area (TPSA) is 31.2 Å². The average Bonchev–Trinajstić information content (AvgIpc) is 2.61. The van der Waals surface area contributed by atoms with Crippen LogP contribution in [0.2, 0.25) is 0 Å². The number of rotatable bonds is 3. The Bertz CT molecular complexity index is 567. The first-order chi connectivity index (χ1) is 8.10. The molecule has 0 amide bonds. The quantitative estimate of drug-likeness (QED) is 0.760. The van der Waals surface area contributed by atoms with E-state index in [0.717, 1.165) is 34.2 Å². The first-order valence-corrected chi connectivity index (χ1v) is 5.71. The van der Waals surface area contributed by atoms with Crippen LogP contribution in [0.3, 0.4) is 0 Å². The van der Waals surface area contributed by atoms with E-state index in [1.165, 1.54) is 0 Å². The monoisotopic (exact) mass is 231 g/mol. The first-order valence-electron chi connectivity index (χ1n) is 5.71. The number of nitrogens with zero attached hydrogens (tertiary/aromatic N) is 1. The highest BCUT2D eigenvalue weighted by Gasteiger charge is 2.17. The highest BCUT2D eigenvalue weighted by atomic mass is 16.5. The Hall–Kier alpha value is -1.77. The Morgan fingerprint density at radius 1 is 1.35 bits per heavy atom. The third-order valence-corrected chi connectivity index (χ3v) is 3.16. The van der Waals surface area contributed by atoms with Crippen LogP contribution in [0.5, 0.6) is 5.75 Å². The van der Waals surface area contributed by atoms with Crippen LogP contribution < -0.4 is 4.74 Å². The molecule has 1 aromatic carbocycles. The van der Waals surface area contributed by atoms with E-state index in [-0.39, 0.29) is 0 Å². The van der Waals surface area contributed by atoms with Gasteiger partial charge in [0.25, 0.3) is 0 Å². The van der Waals surface area contributed by atoms with Crippen LogP contribution in [0.4, 0.5) is 0 Å². The molecule has 3 heteroatoms. The zero-order valence-corrected chi connectivity index (χ0v) is 10.7. The van der Waals surface area contributed by atoms with Crippen molar-refractivity contribution in [2.75, 3.05) is 7.11 Å². The van der Waals surface area contributed by atoms with Crippen molar-refractivity contribution in [3.8, 4) is 5.75 Å². The Morgan fingerprint density at radius 3 is 2.59 bits per heavy atom. The molecule has 90 valence electrons. The molecule has 0 spiro atoms. The number of carbonyl (C=O) groups excluding carboxylic acids is 1. The highest BCUT2D eigenvalue weighted by Crippen LogP contribution is 2.31. The van der Waals surface area contributed by atoms with Gasteiger partial charge in [0.05, 0.1) is 12.6 Å². The summed E-state index contributed by atoms with van der Waals surface area (Å²) < 4.78 is 7.29. The molecule has 17 heavy (non-hydrogen) atoms. The number of hydrogen-bond donors (Lipinski definition) is 0. The summed E-state index contributed by atoms with van der Waals surface area (Å²) in [7, 11) is 3.64. The number of aromatic nitrogens is 1. The number of ether oxygens (including phenoxy) is 1. The van der Waals surface area contributed by atoms with E-state index >= 15 is 0 Å². The lowest BCUT2D eigenvalue weighted by Crippen LogP contribution is -2.00. The number of fused-ring (bicyclic) bond motifs is 1. The lowest BCUT2D eigenvalue weighted by molar-refractivity contribution is 0.112. The third kappa shape index (κ3) is 1.71. The molecule has 0 radical (unpaired) electrons. The first kappa shape index (κ1) is 11.7. The van der Waals surface area contributed by atoms with Crippen molar-refractivity contribution >= 4 is 17.2 Å². The van der Waals surface area contributed by atoms with Crippen molar-refractivity contribution in [3.63, 3.8) is 0 Å². The van der Waals surface area contributed by atoms with E-state index in [1.807, 2.05) is 25.2 Å². The summed E-state index contributed by atoms with van der Waals surface area (Å²) in [4.78, 5) is 11.3. The molecule has 0 atom stereocenters. The summed E-state index contributed by atoms with van der Waals surface area (Å²) >= 11 is 0. The van der Waals surface area contributed by atoms with E-state index in [9.17, 15) is 4.79 Å². The number of methoxy groups -OCH3 is 1. The molecule has 0 aliphatic carbocycles. The minimum atomic E-state index is 0.318. The lowest BCUT2D eigenvalue weighted by atomic mass is 10.0. The van der Waals surface area contributed by atoms with Crippen molar-refractivity contribution in [2.45, 2.75) is 19.8 Å². The van der Waals surface area contributed by atoms with Crippen molar-refractivity contribution in [3.05, 3.63) is 29.5 Å². The number of aryl methyl sites for hydroxylation is 1. The average molecular weight is 231 g/mol. The van der Waals surface area contributed by atoms with Gasteiger partial charge in [0.2, 0.25) is 0 Å². The van der Waals surface area contributed by atoms with Gasteiger partial charge in [-0.3, -0.25) is 4.79 Å². The fraction of sp³-hybridized carbons (Fsp3) is 0.357. The van der Waals surface area contributed by atoms with E-state index in [1.54, 1.807) is 7.11 Å². The van der Waals surface area contributed by atoms with Gasteiger partial charge in [-0.25, -0.2) is 0 Å². The van der Waals surface area contributed by atoms with Crippen LogP contribution in [0, 0.1) is 0 Å². The number of aldehydes is 1. The zero-order chi connectivity index (χ0) is 12.6. The normalized spacial score (nSPS) is 11.1. The van der Waals surface area contributed by atoms with Crippen LogP contribution in [-0.4, -0.2) is 18.0 Å². The molecule has 2 rings (SSSR count). The van der Waals surface area contributed by atoms with E-state index in [4.69, 9.17) is 4.74 Å². The van der Waals surface area contributed by atoms with E-state index in [0.29, 0.717) is 5.92 Å². The molecule has 1 heterocycles. The zero-order valence-electron chi connectivity index (χ0n) is 10.7. The summed E-state index contributed by atoms with van der Waals surface area (Å²) in [6, 6.07) is 5.80. The second-order valence-electron chi connectivity index (χ2n) is 4.51. The van der Waals surface area contributed by atoms with Crippen molar-refractivity contribution in [1.29, 1.82) is 0 Å². The molecular weight excluding hydrogens is 214 g/mol. The number of carbonyl (C=O) groups is 1. The maximum Gasteiger partial charge on any atom is 0.152 e. The molecule has 0 saturated heterocycles. The third-order valence-electron chi connectivity index (χ3n) is 3.16. The molecule has 0 fully saturated rings. The summed E-state index contributed by atoms with van der Waals surface area (Å²) in [6.07, 6.45) is 0.949. The van der Waals surface area contributed by atoms with Crippen LogP contribution in [-0.2, 0) is 7.05 Å². The van der Waals surface area contributed by atoms with Gasteiger partial charge in [-0.05, 0) is 18.1 Å². The summed E-state index contributed by atoms with van der Waals surface area (Å²) in [5.74, 6) is 1.13. The SMILES string of the molecule is COc1ccc2c(C=O)c(C(C)C)n(C)c2c1. The molecule has 1 aromatic heterocycles. The minimum Gasteiger partial charge on any atom is -0.497 e. The van der Waals surface area contributed by atoms with Crippen molar-refractivity contribution in [1.82, 2.24) is 4.57 Å². The molecule has 0 saturated carbocycles. The number of hydrogen-bond acceptors (Lipinski definition) is 2. The highest BCUT2D eigenvalue weighted by molar-refractivity contribution is 6.00. The largest absolute Gasteiger partial charge is 0.497 e. The molecule has 0 aliphatic rings. The Kier molecular flexibility index (Phi) is 2.92. The van der Waals surface area contributed by atoms with Gasteiger partial charge in [-0.15, -0.1) is 0 Å². The van der Waals surface area contributed by atoms with Crippen LogP contribution in [0.1, 0.15) is 35.8 Å². The minimum absolute atomic E-state index is 0.318. The second-order valence-corrected chi connectivity index (χ2v) is 4.51. The van der Waals surface area contributed by atoms with E-state index < -0.39 is 0 Å². The standard InChI is InChI=1S/C14H17NO2/c1-9(2)14-12(8-16)11-6-5-10(17-4)7-13(11)15(14)3/h5-9H,1-4H3. The fourth-order valence-corrected chi connectivity index (χ4v) is 2.41. The summed E-state index contributed by atoms with van der Waals surface area (Å²) in [6.45, 7) is 4.19. The van der Waals surface area contributed by atoms with Gasteiger partial charge in [-0.1, -0.05) is 13.8 Å². The van der Waals surface area contributed by atoms with Gasteiger partial charge in [-0.2, -0.15) is 0 Å². The maximum atomic E-state index is 11.3. The van der Waals surface area contributed by atoms with Crippen LogP contribution >= 0.6 is 0 Å². The molecule has 0 unspecified atom stereocenters. The summed E-state index contributed by atoms with van der Waals surface area (Å²) in [5.41, 5.74) is 2.90. The molecule has 0 aliphatic heterocycles. The van der Waals surface area contributed by atoms with Crippen LogP contribution in [0.25, 0.3) is 10.9 Å². The predicted octanol–water partition coefficient (Wildman–Crippen LogP) is 3.12. The van der Waals surface area contributed by atoms with Gasteiger partial charge in [0.1, 0.15) is 5.75 Å². The lowest BCUT2D eigenvalue weighted by Gasteiger charge is -2.08.